The quantitative estimate of drug-likeness (QED) is 0.344. The Morgan fingerprint density at radius 1 is 0.850 bits per heavy atom. The van der Waals surface area contributed by atoms with Crippen LogP contribution in [0.5, 0.6) is 0 Å². The third-order valence-corrected chi connectivity index (χ3v) is 3.80. The Kier molecular flexibility index (Phi) is 2.35. The van der Waals surface area contributed by atoms with Gasteiger partial charge in [0.05, 0.1) is 5.39 Å². The summed E-state index contributed by atoms with van der Waals surface area (Å²) >= 11 is 6.09. The Balaban J connectivity index is 2.41. The number of rotatable bonds is 0. The van der Waals surface area contributed by atoms with Crippen LogP contribution >= 0.6 is 11.6 Å². The zero-order valence-corrected chi connectivity index (χ0v) is 11.1. The minimum Gasteiger partial charge on any atom is -0.422 e. The lowest BCUT2D eigenvalue weighted by atomic mass is 10.0. The Hall–Kier alpha value is -2.32. The highest BCUT2D eigenvalue weighted by molar-refractivity contribution is 6.32. The molecule has 0 bridgehead atoms. The van der Waals surface area contributed by atoms with Gasteiger partial charge in [-0.2, -0.15) is 0 Å². The lowest BCUT2D eigenvalue weighted by Crippen LogP contribution is -1.99. The minimum absolute atomic E-state index is 0.334. The molecule has 3 heteroatoms. The SMILES string of the molecule is O=c1oc2ccc3ccccc3c2c2cc(Cl)ccc12. The molecular formula is C17H9ClO2. The van der Waals surface area contributed by atoms with Crippen molar-refractivity contribution in [1.82, 2.24) is 0 Å². The first-order valence-corrected chi connectivity index (χ1v) is 6.66. The summed E-state index contributed by atoms with van der Waals surface area (Å²) in [5, 5.41) is 5.09. The van der Waals surface area contributed by atoms with Crippen LogP contribution in [0.15, 0.2) is 63.8 Å². The molecule has 1 heterocycles. The van der Waals surface area contributed by atoms with Crippen LogP contribution in [0.3, 0.4) is 0 Å². The van der Waals surface area contributed by atoms with Crippen molar-refractivity contribution in [1.29, 1.82) is 0 Å². The van der Waals surface area contributed by atoms with Gasteiger partial charge < -0.3 is 4.42 Å². The number of benzene rings is 3. The molecule has 1 aromatic heterocycles. The van der Waals surface area contributed by atoms with Gasteiger partial charge in [-0.1, -0.05) is 41.9 Å². The molecule has 0 spiro atoms. The highest BCUT2D eigenvalue weighted by atomic mass is 35.5. The zero-order valence-electron chi connectivity index (χ0n) is 10.4. The van der Waals surface area contributed by atoms with Gasteiger partial charge in [0, 0.05) is 15.8 Å². The van der Waals surface area contributed by atoms with E-state index in [0.29, 0.717) is 16.0 Å². The van der Waals surface area contributed by atoms with Gasteiger partial charge in [0.15, 0.2) is 0 Å². The van der Waals surface area contributed by atoms with Gasteiger partial charge in [-0.25, -0.2) is 4.79 Å². The summed E-state index contributed by atoms with van der Waals surface area (Å²) < 4.78 is 5.42. The molecule has 0 amide bonds. The van der Waals surface area contributed by atoms with Gasteiger partial charge in [-0.3, -0.25) is 0 Å². The summed E-state index contributed by atoms with van der Waals surface area (Å²) in [6, 6.07) is 17.1. The molecule has 0 aliphatic carbocycles. The lowest BCUT2D eigenvalue weighted by molar-refractivity contribution is 0.570. The van der Waals surface area contributed by atoms with E-state index in [-0.39, 0.29) is 5.63 Å². The molecule has 0 radical (unpaired) electrons. The smallest absolute Gasteiger partial charge is 0.344 e. The fourth-order valence-electron chi connectivity index (χ4n) is 2.67. The summed E-state index contributed by atoms with van der Waals surface area (Å²) in [5.74, 6) is 0. The Morgan fingerprint density at radius 3 is 2.60 bits per heavy atom. The second-order valence-corrected chi connectivity index (χ2v) is 5.18. The molecule has 0 unspecified atom stereocenters. The van der Waals surface area contributed by atoms with E-state index in [2.05, 4.69) is 0 Å². The van der Waals surface area contributed by atoms with Crippen molar-refractivity contribution >= 4 is 44.1 Å². The monoisotopic (exact) mass is 280 g/mol. The van der Waals surface area contributed by atoms with Crippen LogP contribution in [0, 0.1) is 0 Å². The molecular weight excluding hydrogens is 272 g/mol. The molecule has 96 valence electrons. The standard InChI is InChI=1S/C17H9ClO2/c18-11-6-7-13-14(9-11)16-12-4-2-1-3-10(12)5-8-15(16)20-17(13)19/h1-9H. The summed E-state index contributed by atoms with van der Waals surface area (Å²) in [5.41, 5.74) is 0.253. The maximum Gasteiger partial charge on any atom is 0.344 e. The van der Waals surface area contributed by atoms with Gasteiger partial charge in [0.25, 0.3) is 0 Å². The highest BCUT2D eigenvalue weighted by Gasteiger charge is 2.10. The highest BCUT2D eigenvalue weighted by Crippen LogP contribution is 2.31. The molecule has 4 aromatic rings. The Bertz CT molecular complexity index is 1030. The summed E-state index contributed by atoms with van der Waals surface area (Å²) in [6.07, 6.45) is 0. The van der Waals surface area contributed by atoms with E-state index in [4.69, 9.17) is 16.0 Å². The van der Waals surface area contributed by atoms with Crippen LogP contribution in [0.4, 0.5) is 0 Å². The largest absolute Gasteiger partial charge is 0.422 e. The van der Waals surface area contributed by atoms with E-state index in [1.165, 1.54) is 0 Å². The zero-order chi connectivity index (χ0) is 13.7. The predicted octanol–water partition coefficient (Wildman–Crippen LogP) is 4.75. The van der Waals surface area contributed by atoms with Crippen molar-refractivity contribution in [3.05, 3.63) is 70.0 Å². The second-order valence-electron chi connectivity index (χ2n) is 4.74. The van der Waals surface area contributed by atoms with Crippen LogP contribution in [0.25, 0.3) is 32.5 Å². The van der Waals surface area contributed by atoms with Crippen molar-refractivity contribution in [2.45, 2.75) is 0 Å². The fourth-order valence-corrected chi connectivity index (χ4v) is 2.84. The molecule has 0 fully saturated rings. The third-order valence-electron chi connectivity index (χ3n) is 3.56. The first-order chi connectivity index (χ1) is 9.74. The van der Waals surface area contributed by atoms with Gasteiger partial charge in [-0.15, -0.1) is 0 Å². The number of halogens is 1. The van der Waals surface area contributed by atoms with E-state index in [9.17, 15) is 4.79 Å². The molecule has 20 heavy (non-hydrogen) atoms. The molecule has 0 aliphatic heterocycles. The number of fused-ring (bicyclic) bond motifs is 5. The van der Waals surface area contributed by atoms with Crippen molar-refractivity contribution in [3.8, 4) is 0 Å². The summed E-state index contributed by atoms with van der Waals surface area (Å²) in [6.45, 7) is 0. The van der Waals surface area contributed by atoms with Gasteiger partial charge in [0.1, 0.15) is 5.58 Å². The minimum atomic E-state index is -0.334. The van der Waals surface area contributed by atoms with Crippen molar-refractivity contribution in [2.24, 2.45) is 0 Å². The number of hydrogen-bond acceptors (Lipinski definition) is 2. The third kappa shape index (κ3) is 1.55. The maximum atomic E-state index is 12.0. The summed E-state index contributed by atoms with van der Waals surface area (Å²) in [4.78, 5) is 12.0. The van der Waals surface area contributed by atoms with Gasteiger partial charge in [-0.05, 0) is 35.0 Å². The van der Waals surface area contributed by atoms with Crippen LogP contribution in [-0.2, 0) is 0 Å². The van der Waals surface area contributed by atoms with Gasteiger partial charge in [0.2, 0.25) is 0 Å². The second kappa shape index (κ2) is 4.09. The molecule has 0 N–H and O–H groups in total. The number of hydrogen-bond donors (Lipinski definition) is 0. The van der Waals surface area contributed by atoms with Crippen LogP contribution < -0.4 is 5.63 Å². The van der Waals surface area contributed by atoms with E-state index in [0.717, 1.165) is 21.5 Å². The van der Waals surface area contributed by atoms with Crippen molar-refractivity contribution in [3.63, 3.8) is 0 Å². The van der Waals surface area contributed by atoms with E-state index < -0.39 is 0 Å². The van der Waals surface area contributed by atoms with Crippen LogP contribution in [0.1, 0.15) is 0 Å². The molecule has 0 aliphatic rings. The van der Waals surface area contributed by atoms with Crippen molar-refractivity contribution < 1.29 is 4.42 Å². The first kappa shape index (κ1) is 11.5. The van der Waals surface area contributed by atoms with Crippen molar-refractivity contribution in [2.75, 3.05) is 0 Å². The van der Waals surface area contributed by atoms with Gasteiger partial charge >= 0.3 is 5.63 Å². The summed E-state index contributed by atoms with van der Waals surface area (Å²) in [7, 11) is 0. The van der Waals surface area contributed by atoms with E-state index in [1.807, 2.05) is 42.5 Å². The van der Waals surface area contributed by atoms with E-state index in [1.54, 1.807) is 12.1 Å². The normalized spacial score (nSPS) is 11.4. The molecule has 4 rings (SSSR count). The topological polar surface area (TPSA) is 30.2 Å². The maximum absolute atomic E-state index is 12.0. The molecule has 2 nitrogen and oxygen atoms in total. The van der Waals surface area contributed by atoms with E-state index >= 15 is 0 Å². The predicted molar refractivity (Wildman–Crippen MR) is 82.5 cm³/mol. The molecule has 0 saturated heterocycles. The average molecular weight is 281 g/mol. The van der Waals surface area contributed by atoms with Crippen LogP contribution in [0.2, 0.25) is 5.02 Å². The van der Waals surface area contributed by atoms with Crippen LogP contribution in [-0.4, -0.2) is 0 Å². The first-order valence-electron chi connectivity index (χ1n) is 6.28. The molecule has 3 aromatic carbocycles. The molecule has 0 atom stereocenters. The fraction of sp³-hybridized carbons (Fsp3) is 0. The average Bonchev–Trinajstić information content (AvgIpc) is 2.46. The Morgan fingerprint density at radius 2 is 1.70 bits per heavy atom. The Labute approximate surface area is 119 Å². The lowest BCUT2D eigenvalue weighted by Gasteiger charge is -2.06. The molecule has 0 saturated carbocycles.